The molecule has 2 aromatic carbocycles. The maximum absolute atomic E-state index is 6.00. The molecule has 1 aromatic heterocycles. The van der Waals surface area contributed by atoms with Gasteiger partial charge in [0.2, 0.25) is 0 Å². The molecular formula is C22H20BrN3O2. The highest BCUT2D eigenvalue weighted by molar-refractivity contribution is 9.10. The van der Waals surface area contributed by atoms with Crippen molar-refractivity contribution in [1.82, 2.24) is 14.8 Å². The molecule has 0 bridgehead atoms. The number of hydrogen-bond donors (Lipinski definition) is 0. The number of nitrogens with zero attached hydrogens (tertiary/aromatic N) is 3. The molecule has 1 saturated heterocycles. The largest absolute Gasteiger partial charge is 0.464 e. The van der Waals surface area contributed by atoms with E-state index in [2.05, 4.69) is 69.4 Å². The van der Waals surface area contributed by atoms with Crippen LogP contribution < -0.4 is 4.74 Å². The maximum Gasteiger partial charge on any atom is 0.147 e. The van der Waals surface area contributed by atoms with Gasteiger partial charge < -0.3 is 14.0 Å². The molecule has 5 rings (SSSR count). The Bertz CT molecular complexity index is 1100. The van der Waals surface area contributed by atoms with Gasteiger partial charge in [-0.2, -0.15) is 0 Å². The van der Waals surface area contributed by atoms with Crippen LogP contribution in [-0.4, -0.2) is 28.0 Å². The lowest BCUT2D eigenvalue weighted by atomic mass is 9.76. The number of hydrogen-bond acceptors (Lipinski definition) is 4. The zero-order valence-electron chi connectivity index (χ0n) is 15.8. The third kappa shape index (κ3) is 2.71. The third-order valence-electron chi connectivity index (χ3n) is 5.64. The smallest absolute Gasteiger partial charge is 0.147 e. The van der Waals surface area contributed by atoms with E-state index in [4.69, 9.17) is 9.47 Å². The van der Waals surface area contributed by atoms with Crippen LogP contribution in [0.5, 0.6) is 5.75 Å². The number of aromatic nitrogens is 3. The summed E-state index contributed by atoms with van der Waals surface area (Å²) in [4.78, 5) is 0. The second-order valence-electron chi connectivity index (χ2n) is 7.57. The third-order valence-corrected chi connectivity index (χ3v) is 6.10. The van der Waals surface area contributed by atoms with Crippen LogP contribution in [0.4, 0.5) is 0 Å². The van der Waals surface area contributed by atoms with Crippen LogP contribution in [0.15, 0.2) is 53.5 Å². The zero-order valence-corrected chi connectivity index (χ0v) is 17.4. The summed E-state index contributed by atoms with van der Waals surface area (Å²) in [6.45, 7) is 3.31. The van der Waals surface area contributed by atoms with Crippen molar-refractivity contribution in [3.8, 4) is 5.75 Å². The van der Waals surface area contributed by atoms with Crippen LogP contribution in [0, 0.1) is 6.92 Å². The van der Waals surface area contributed by atoms with Crippen LogP contribution in [0.1, 0.15) is 28.1 Å². The van der Waals surface area contributed by atoms with Crippen molar-refractivity contribution >= 4 is 21.5 Å². The summed E-state index contributed by atoms with van der Waals surface area (Å²) in [5.41, 5.74) is 5.62. The number of rotatable bonds is 3. The van der Waals surface area contributed by atoms with Crippen LogP contribution >= 0.6 is 15.9 Å². The fraction of sp³-hybridized carbons (Fsp3) is 0.273. The molecule has 0 atom stereocenters. The summed E-state index contributed by atoms with van der Waals surface area (Å²) in [5, 5.41) is 8.44. The number of ether oxygens (including phenoxy) is 2. The summed E-state index contributed by atoms with van der Waals surface area (Å²) < 4.78 is 14.7. The lowest BCUT2D eigenvalue weighted by Gasteiger charge is -2.41. The molecule has 3 heterocycles. The average Bonchev–Trinajstić information content (AvgIpc) is 3.07. The Labute approximate surface area is 172 Å². The molecule has 2 aliphatic rings. The lowest BCUT2D eigenvalue weighted by molar-refractivity contribution is -0.0435. The minimum Gasteiger partial charge on any atom is -0.464 e. The second-order valence-corrected chi connectivity index (χ2v) is 8.49. The Morgan fingerprint density at radius 1 is 1.18 bits per heavy atom. The van der Waals surface area contributed by atoms with Crippen molar-refractivity contribution < 1.29 is 9.47 Å². The molecule has 2 aliphatic heterocycles. The first-order valence-corrected chi connectivity index (χ1v) is 10.0. The van der Waals surface area contributed by atoms with Crippen molar-refractivity contribution in [2.75, 3.05) is 13.2 Å². The minimum atomic E-state index is -0.241. The highest BCUT2D eigenvalue weighted by Gasteiger charge is 2.46. The Morgan fingerprint density at radius 3 is 2.75 bits per heavy atom. The van der Waals surface area contributed by atoms with E-state index in [9.17, 15) is 0 Å². The van der Waals surface area contributed by atoms with Gasteiger partial charge in [0, 0.05) is 23.5 Å². The Balaban J connectivity index is 1.52. The summed E-state index contributed by atoms with van der Waals surface area (Å²) in [6.07, 6.45) is 4.47. The van der Waals surface area contributed by atoms with Crippen LogP contribution in [-0.2, 0) is 23.6 Å². The molecule has 142 valence electrons. The molecule has 0 N–H and O–H groups in total. The van der Waals surface area contributed by atoms with Gasteiger partial charge in [0.25, 0.3) is 0 Å². The molecule has 0 aliphatic carbocycles. The molecule has 0 saturated carbocycles. The highest BCUT2D eigenvalue weighted by Crippen LogP contribution is 2.40. The van der Waals surface area contributed by atoms with Gasteiger partial charge in [-0.25, -0.2) is 0 Å². The fourth-order valence-corrected chi connectivity index (χ4v) is 4.73. The Kier molecular flexibility index (Phi) is 4.14. The van der Waals surface area contributed by atoms with Crippen molar-refractivity contribution in [3.63, 3.8) is 0 Å². The fourth-order valence-electron chi connectivity index (χ4n) is 4.11. The summed E-state index contributed by atoms with van der Waals surface area (Å²) >= 11 is 3.60. The molecule has 6 heteroatoms. The van der Waals surface area contributed by atoms with Gasteiger partial charge in [-0.3, -0.25) is 0 Å². The van der Waals surface area contributed by atoms with E-state index in [-0.39, 0.29) is 5.41 Å². The molecule has 0 radical (unpaired) electrons. The SMILES string of the molecule is Cc1cc(Br)cc2c1OC=C(c1cccc(C3(c4nncn4C)COC3)c1)C2. The second kappa shape index (κ2) is 6.57. The van der Waals surface area contributed by atoms with E-state index < -0.39 is 0 Å². The predicted octanol–water partition coefficient (Wildman–Crippen LogP) is 4.18. The molecule has 0 amide bonds. The van der Waals surface area contributed by atoms with E-state index in [0.717, 1.165) is 33.6 Å². The maximum atomic E-state index is 6.00. The van der Waals surface area contributed by atoms with Crippen LogP contribution in [0.3, 0.4) is 0 Å². The highest BCUT2D eigenvalue weighted by atomic mass is 79.9. The number of aryl methyl sites for hydroxylation is 2. The summed E-state index contributed by atoms with van der Waals surface area (Å²) in [5.74, 6) is 1.90. The minimum absolute atomic E-state index is 0.241. The molecule has 0 spiro atoms. The standard InChI is InChI=1S/C22H20BrN3O2/c1-14-6-19(23)9-16-7-17(10-28-20(14)16)15-4-3-5-18(8-15)22(11-27-12-22)21-25-24-13-26(21)2/h3-6,8-10,13H,7,11-12H2,1-2H3. The molecule has 3 aromatic rings. The van der Waals surface area contributed by atoms with Gasteiger partial charge >= 0.3 is 0 Å². The first kappa shape index (κ1) is 17.6. The number of benzene rings is 2. The van der Waals surface area contributed by atoms with Gasteiger partial charge in [-0.1, -0.05) is 40.2 Å². The first-order valence-electron chi connectivity index (χ1n) is 9.25. The van der Waals surface area contributed by atoms with Gasteiger partial charge in [0.05, 0.1) is 19.5 Å². The number of fused-ring (bicyclic) bond motifs is 1. The van der Waals surface area contributed by atoms with Crippen molar-refractivity contribution in [3.05, 3.63) is 81.5 Å². The molecular weight excluding hydrogens is 418 g/mol. The van der Waals surface area contributed by atoms with Gasteiger partial charge in [0.15, 0.2) is 0 Å². The predicted molar refractivity (Wildman–Crippen MR) is 110 cm³/mol. The van der Waals surface area contributed by atoms with Crippen molar-refractivity contribution in [2.45, 2.75) is 18.8 Å². The molecule has 28 heavy (non-hydrogen) atoms. The van der Waals surface area contributed by atoms with Crippen molar-refractivity contribution in [1.29, 1.82) is 0 Å². The number of halogens is 1. The van der Waals surface area contributed by atoms with Crippen molar-refractivity contribution in [2.24, 2.45) is 7.05 Å². The van der Waals surface area contributed by atoms with Crippen LogP contribution in [0.2, 0.25) is 0 Å². The van der Waals surface area contributed by atoms with E-state index in [1.807, 2.05) is 17.9 Å². The summed E-state index contributed by atoms with van der Waals surface area (Å²) in [6, 6.07) is 12.9. The Morgan fingerprint density at radius 2 is 2.04 bits per heavy atom. The number of allylic oxidation sites excluding steroid dienone is 1. The first-order chi connectivity index (χ1) is 13.6. The lowest BCUT2D eigenvalue weighted by Crippen LogP contribution is -2.49. The zero-order chi connectivity index (χ0) is 19.3. The molecule has 5 nitrogen and oxygen atoms in total. The topological polar surface area (TPSA) is 49.2 Å². The van der Waals surface area contributed by atoms with Gasteiger partial charge in [-0.15, -0.1) is 10.2 Å². The van der Waals surface area contributed by atoms with E-state index >= 15 is 0 Å². The average molecular weight is 438 g/mol. The van der Waals surface area contributed by atoms with E-state index in [1.165, 1.54) is 16.7 Å². The normalized spacial score (nSPS) is 17.3. The summed E-state index contributed by atoms with van der Waals surface area (Å²) in [7, 11) is 1.98. The monoisotopic (exact) mass is 437 g/mol. The van der Waals surface area contributed by atoms with Gasteiger partial charge in [0.1, 0.15) is 23.3 Å². The van der Waals surface area contributed by atoms with E-state index in [1.54, 1.807) is 6.33 Å². The van der Waals surface area contributed by atoms with Crippen LogP contribution in [0.25, 0.3) is 5.57 Å². The molecule has 0 unspecified atom stereocenters. The van der Waals surface area contributed by atoms with E-state index in [0.29, 0.717) is 13.2 Å². The Hall–Kier alpha value is -2.44. The van der Waals surface area contributed by atoms with Gasteiger partial charge in [-0.05, 0) is 41.3 Å². The quantitative estimate of drug-likeness (QED) is 0.616. The molecule has 1 fully saturated rings.